The SMILES string of the molecule is COc1ccc(C2Nc3ccc(NC(=O)C(C)C)cc3C3C=CCC32)cc1OC. The van der Waals surface area contributed by atoms with E-state index < -0.39 is 0 Å². The monoisotopic (exact) mass is 392 g/mol. The second-order valence-corrected chi connectivity index (χ2v) is 8.04. The maximum absolute atomic E-state index is 12.1. The van der Waals surface area contributed by atoms with Gasteiger partial charge in [0.2, 0.25) is 5.91 Å². The number of fused-ring (bicyclic) bond motifs is 3. The molecule has 1 aliphatic carbocycles. The van der Waals surface area contributed by atoms with Gasteiger partial charge in [0.25, 0.3) is 0 Å². The summed E-state index contributed by atoms with van der Waals surface area (Å²) in [5.41, 5.74) is 4.39. The van der Waals surface area contributed by atoms with Gasteiger partial charge in [-0.25, -0.2) is 0 Å². The predicted octanol–water partition coefficient (Wildman–Crippen LogP) is 5.12. The van der Waals surface area contributed by atoms with E-state index in [0.717, 1.165) is 29.3 Å². The highest BCUT2D eigenvalue weighted by Crippen LogP contribution is 2.51. The molecule has 0 spiro atoms. The summed E-state index contributed by atoms with van der Waals surface area (Å²) in [4.78, 5) is 12.1. The molecular weight excluding hydrogens is 364 g/mol. The molecule has 2 aromatic rings. The smallest absolute Gasteiger partial charge is 0.226 e. The van der Waals surface area contributed by atoms with Gasteiger partial charge in [-0.05, 0) is 53.8 Å². The maximum Gasteiger partial charge on any atom is 0.226 e. The van der Waals surface area contributed by atoms with Gasteiger partial charge in [0, 0.05) is 23.2 Å². The molecule has 0 saturated heterocycles. The highest BCUT2D eigenvalue weighted by atomic mass is 16.5. The minimum atomic E-state index is -0.0438. The van der Waals surface area contributed by atoms with E-state index in [1.165, 1.54) is 11.1 Å². The molecule has 0 radical (unpaired) electrons. The molecule has 1 amide bonds. The van der Waals surface area contributed by atoms with E-state index in [-0.39, 0.29) is 17.9 Å². The van der Waals surface area contributed by atoms with Gasteiger partial charge in [0.05, 0.1) is 20.3 Å². The summed E-state index contributed by atoms with van der Waals surface area (Å²) in [5, 5.41) is 6.75. The van der Waals surface area contributed by atoms with Crippen LogP contribution in [0.3, 0.4) is 0 Å². The number of anilines is 2. The molecule has 152 valence electrons. The quantitative estimate of drug-likeness (QED) is 0.693. The number of nitrogens with one attached hydrogen (secondary N) is 2. The molecule has 0 aromatic heterocycles. The van der Waals surface area contributed by atoms with Gasteiger partial charge in [0.1, 0.15) is 0 Å². The van der Waals surface area contributed by atoms with Crippen molar-refractivity contribution in [3.8, 4) is 11.5 Å². The van der Waals surface area contributed by atoms with Crippen LogP contribution in [0.15, 0.2) is 48.6 Å². The summed E-state index contributed by atoms with van der Waals surface area (Å²) >= 11 is 0. The Hall–Kier alpha value is -2.95. The fraction of sp³-hybridized carbons (Fsp3) is 0.375. The maximum atomic E-state index is 12.1. The van der Waals surface area contributed by atoms with Crippen LogP contribution in [0.25, 0.3) is 0 Å². The molecule has 3 atom stereocenters. The third-order valence-electron chi connectivity index (χ3n) is 5.92. The van der Waals surface area contributed by atoms with Gasteiger partial charge in [-0.15, -0.1) is 0 Å². The van der Waals surface area contributed by atoms with Crippen LogP contribution in [0.1, 0.15) is 43.4 Å². The van der Waals surface area contributed by atoms with Gasteiger partial charge < -0.3 is 20.1 Å². The Kier molecular flexibility index (Phi) is 5.22. The number of hydrogen-bond acceptors (Lipinski definition) is 4. The number of allylic oxidation sites excluding steroid dienone is 2. The zero-order valence-electron chi connectivity index (χ0n) is 17.4. The van der Waals surface area contributed by atoms with Crippen molar-refractivity contribution in [1.29, 1.82) is 0 Å². The highest BCUT2D eigenvalue weighted by molar-refractivity contribution is 5.92. The van der Waals surface area contributed by atoms with Crippen molar-refractivity contribution in [1.82, 2.24) is 0 Å². The largest absolute Gasteiger partial charge is 0.493 e. The molecule has 0 fully saturated rings. The first-order valence-electron chi connectivity index (χ1n) is 10.1. The van der Waals surface area contributed by atoms with Crippen LogP contribution in [-0.4, -0.2) is 20.1 Å². The molecule has 4 rings (SSSR count). The zero-order valence-corrected chi connectivity index (χ0v) is 17.4. The van der Waals surface area contributed by atoms with Crippen LogP contribution in [-0.2, 0) is 4.79 Å². The van der Waals surface area contributed by atoms with Gasteiger partial charge in [-0.3, -0.25) is 4.79 Å². The van der Waals surface area contributed by atoms with Crippen molar-refractivity contribution in [3.05, 3.63) is 59.7 Å². The molecule has 0 saturated carbocycles. The molecule has 0 bridgehead atoms. The number of ether oxygens (including phenoxy) is 2. The first-order valence-corrected chi connectivity index (χ1v) is 10.1. The normalized spacial score (nSPS) is 21.9. The minimum absolute atomic E-state index is 0.0374. The average Bonchev–Trinajstić information content (AvgIpc) is 3.23. The first-order chi connectivity index (χ1) is 14.0. The van der Waals surface area contributed by atoms with Crippen molar-refractivity contribution < 1.29 is 14.3 Å². The van der Waals surface area contributed by atoms with Crippen LogP contribution in [0, 0.1) is 11.8 Å². The lowest BCUT2D eigenvalue weighted by Crippen LogP contribution is -2.29. The molecule has 3 unspecified atom stereocenters. The Morgan fingerprint density at radius 2 is 1.90 bits per heavy atom. The molecule has 29 heavy (non-hydrogen) atoms. The summed E-state index contributed by atoms with van der Waals surface area (Å²) in [5.74, 6) is 2.20. The number of rotatable bonds is 5. The molecule has 2 aliphatic rings. The topological polar surface area (TPSA) is 59.6 Å². The highest BCUT2D eigenvalue weighted by Gasteiger charge is 2.38. The van der Waals surface area contributed by atoms with Gasteiger partial charge >= 0.3 is 0 Å². The Bertz CT molecular complexity index is 951. The molecule has 1 aliphatic heterocycles. The van der Waals surface area contributed by atoms with E-state index in [4.69, 9.17) is 9.47 Å². The van der Waals surface area contributed by atoms with E-state index in [0.29, 0.717) is 11.8 Å². The zero-order chi connectivity index (χ0) is 20.5. The molecular formula is C24H28N2O3. The molecule has 2 aromatic carbocycles. The second-order valence-electron chi connectivity index (χ2n) is 8.04. The van der Waals surface area contributed by atoms with E-state index in [9.17, 15) is 4.79 Å². The summed E-state index contributed by atoms with van der Waals surface area (Å²) in [6.07, 6.45) is 5.57. The van der Waals surface area contributed by atoms with Crippen molar-refractivity contribution >= 4 is 17.3 Å². The fourth-order valence-electron chi connectivity index (χ4n) is 4.34. The number of methoxy groups -OCH3 is 2. The summed E-state index contributed by atoms with van der Waals surface area (Å²) in [6, 6.07) is 12.5. The lowest BCUT2D eigenvalue weighted by molar-refractivity contribution is -0.118. The number of benzene rings is 2. The van der Waals surface area contributed by atoms with Crippen LogP contribution >= 0.6 is 0 Å². The Balaban J connectivity index is 1.67. The van der Waals surface area contributed by atoms with E-state index >= 15 is 0 Å². The van der Waals surface area contributed by atoms with Gasteiger partial charge in [-0.2, -0.15) is 0 Å². The molecule has 5 heteroatoms. The molecule has 1 heterocycles. The summed E-state index contributed by atoms with van der Waals surface area (Å²) < 4.78 is 10.9. The Labute approximate surface area is 172 Å². The Morgan fingerprint density at radius 3 is 2.62 bits per heavy atom. The standard InChI is InChI=1S/C24H28N2O3/c1-14(2)24(27)25-16-9-10-20-19(13-16)17-6-5-7-18(17)23(26-20)15-8-11-21(28-3)22(12-15)29-4/h5-6,8-14,17-18,23,26H,7H2,1-4H3,(H,25,27). The summed E-state index contributed by atoms with van der Waals surface area (Å²) in [7, 11) is 3.32. The lowest BCUT2D eigenvalue weighted by Gasteiger charge is -2.38. The molecule has 2 N–H and O–H groups in total. The first kappa shape index (κ1) is 19.4. The predicted molar refractivity (Wildman–Crippen MR) is 116 cm³/mol. The van der Waals surface area contributed by atoms with Crippen molar-refractivity contribution in [2.24, 2.45) is 11.8 Å². The van der Waals surface area contributed by atoms with Crippen LogP contribution in [0.5, 0.6) is 11.5 Å². The third-order valence-corrected chi connectivity index (χ3v) is 5.92. The lowest BCUT2D eigenvalue weighted by atomic mass is 9.77. The third kappa shape index (κ3) is 3.57. The van der Waals surface area contributed by atoms with E-state index in [1.54, 1.807) is 14.2 Å². The van der Waals surface area contributed by atoms with Crippen molar-refractivity contribution in [3.63, 3.8) is 0 Å². The van der Waals surface area contributed by atoms with Gasteiger partial charge in [0.15, 0.2) is 11.5 Å². The van der Waals surface area contributed by atoms with E-state index in [2.05, 4.69) is 47.1 Å². The second kappa shape index (κ2) is 7.82. The van der Waals surface area contributed by atoms with Crippen molar-refractivity contribution in [2.75, 3.05) is 24.9 Å². The molecule has 5 nitrogen and oxygen atoms in total. The van der Waals surface area contributed by atoms with E-state index in [1.807, 2.05) is 26.0 Å². The number of carbonyl (C=O) groups is 1. The van der Waals surface area contributed by atoms with Crippen LogP contribution < -0.4 is 20.1 Å². The number of hydrogen-bond donors (Lipinski definition) is 2. The van der Waals surface area contributed by atoms with Gasteiger partial charge in [-0.1, -0.05) is 32.1 Å². The summed E-state index contributed by atoms with van der Waals surface area (Å²) in [6.45, 7) is 3.80. The average molecular weight is 392 g/mol. The van der Waals surface area contributed by atoms with Crippen molar-refractivity contribution in [2.45, 2.75) is 32.2 Å². The van der Waals surface area contributed by atoms with Crippen LogP contribution in [0.2, 0.25) is 0 Å². The fourth-order valence-corrected chi connectivity index (χ4v) is 4.34. The minimum Gasteiger partial charge on any atom is -0.493 e. The number of amides is 1. The van der Waals surface area contributed by atoms with Crippen LogP contribution in [0.4, 0.5) is 11.4 Å². The number of carbonyl (C=O) groups excluding carboxylic acids is 1. The Morgan fingerprint density at radius 1 is 1.10 bits per heavy atom.